The van der Waals surface area contributed by atoms with Gasteiger partial charge in [0.2, 0.25) is 0 Å². The van der Waals surface area contributed by atoms with Crippen LogP contribution in [0, 0.1) is 0 Å². The topological polar surface area (TPSA) is 47.2 Å². The predicted molar refractivity (Wildman–Crippen MR) is 118 cm³/mol. The number of fused-ring (bicyclic) bond motifs is 1. The van der Waals surface area contributed by atoms with E-state index in [9.17, 15) is 9.59 Å². The number of nitrogens with zero attached hydrogens (tertiary/aromatic N) is 3. The number of rotatable bonds is 2. The van der Waals surface area contributed by atoms with Gasteiger partial charge in [-0.2, -0.15) is 0 Å². The molecule has 5 heteroatoms. The van der Waals surface area contributed by atoms with Crippen LogP contribution in [-0.4, -0.2) is 32.9 Å². The zero-order valence-corrected chi connectivity index (χ0v) is 17.0. The molecule has 0 unspecified atom stereocenters. The predicted octanol–water partition coefficient (Wildman–Crippen LogP) is 3.99. The van der Waals surface area contributed by atoms with Crippen LogP contribution in [0.4, 0.5) is 0 Å². The van der Waals surface area contributed by atoms with Gasteiger partial charge in [0.05, 0.1) is 16.7 Å². The summed E-state index contributed by atoms with van der Waals surface area (Å²) in [4.78, 5) is 27.8. The SMILES string of the molecule is CN1C(=O)C(c2cn(C)c3ccccc23)=C(c2cn3c4c(cccc24)CCC3)C1=O. The molecule has 2 aliphatic rings. The Kier molecular flexibility index (Phi) is 3.43. The molecule has 5 nitrogen and oxygen atoms in total. The molecule has 4 heterocycles. The lowest BCUT2D eigenvalue weighted by Gasteiger charge is -2.14. The summed E-state index contributed by atoms with van der Waals surface area (Å²) >= 11 is 0. The molecule has 0 aliphatic carbocycles. The maximum Gasteiger partial charge on any atom is 0.261 e. The first kappa shape index (κ1) is 17.3. The molecule has 2 aromatic carbocycles. The Morgan fingerprint density at radius 1 is 0.800 bits per heavy atom. The molecule has 0 saturated heterocycles. The van der Waals surface area contributed by atoms with Gasteiger partial charge in [-0.1, -0.05) is 36.4 Å². The van der Waals surface area contributed by atoms with Crippen LogP contribution in [0.3, 0.4) is 0 Å². The molecular weight excluding hydrogens is 374 g/mol. The first-order valence-corrected chi connectivity index (χ1v) is 10.3. The van der Waals surface area contributed by atoms with Crippen molar-refractivity contribution in [1.29, 1.82) is 0 Å². The van der Waals surface area contributed by atoms with Gasteiger partial charge in [0.1, 0.15) is 0 Å². The highest BCUT2D eigenvalue weighted by atomic mass is 16.2. The van der Waals surface area contributed by atoms with E-state index in [1.54, 1.807) is 7.05 Å². The normalized spacial score (nSPS) is 16.5. The molecule has 4 aromatic rings. The number of hydrogen-bond acceptors (Lipinski definition) is 2. The molecular formula is C25H21N3O2. The van der Waals surface area contributed by atoms with Crippen molar-refractivity contribution in [3.63, 3.8) is 0 Å². The van der Waals surface area contributed by atoms with Crippen LogP contribution in [-0.2, 0) is 29.6 Å². The number of carbonyl (C=O) groups is 2. The molecule has 0 radical (unpaired) electrons. The van der Waals surface area contributed by atoms with Gasteiger partial charge in [0.15, 0.2) is 0 Å². The molecule has 30 heavy (non-hydrogen) atoms. The largest absolute Gasteiger partial charge is 0.350 e. The van der Waals surface area contributed by atoms with Crippen molar-refractivity contribution in [2.75, 3.05) is 7.05 Å². The van der Waals surface area contributed by atoms with Crippen molar-refractivity contribution in [3.05, 3.63) is 71.5 Å². The van der Waals surface area contributed by atoms with E-state index in [1.807, 2.05) is 42.1 Å². The van der Waals surface area contributed by atoms with E-state index in [-0.39, 0.29) is 11.8 Å². The molecule has 2 amide bonds. The first-order chi connectivity index (χ1) is 14.6. The number of aromatic nitrogens is 2. The van der Waals surface area contributed by atoms with E-state index in [0.717, 1.165) is 46.8 Å². The van der Waals surface area contributed by atoms with Crippen molar-refractivity contribution in [3.8, 4) is 0 Å². The molecule has 6 rings (SSSR count). The first-order valence-electron chi connectivity index (χ1n) is 10.3. The summed E-state index contributed by atoms with van der Waals surface area (Å²) in [5.74, 6) is -0.468. The van der Waals surface area contributed by atoms with Gasteiger partial charge in [-0.3, -0.25) is 14.5 Å². The molecule has 0 saturated carbocycles. The van der Waals surface area contributed by atoms with Crippen molar-refractivity contribution < 1.29 is 9.59 Å². The fourth-order valence-electron chi connectivity index (χ4n) is 5.14. The van der Waals surface area contributed by atoms with E-state index >= 15 is 0 Å². The average molecular weight is 395 g/mol. The van der Waals surface area contributed by atoms with E-state index in [1.165, 1.54) is 16.0 Å². The van der Waals surface area contributed by atoms with Crippen molar-refractivity contribution in [1.82, 2.24) is 14.0 Å². The monoisotopic (exact) mass is 395 g/mol. The minimum absolute atomic E-state index is 0.230. The molecule has 0 spiro atoms. The second kappa shape index (κ2) is 5.95. The van der Waals surface area contributed by atoms with Gasteiger partial charge >= 0.3 is 0 Å². The lowest BCUT2D eigenvalue weighted by atomic mass is 9.94. The third-order valence-corrected chi connectivity index (χ3v) is 6.55. The van der Waals surface area contributed by atoms with Crippen LogP contribution in [0.15, 0.2) is 54.9 Å². The number of para-hydroxylation sites is 2. The number of carbonyl (C=O) groups excluding carboxylic acids is 2. The summed E-state index contributed by atoms with van der Waals surface area (Å²) in [5.41, 5.74) is 6.24. The molecule has 0 fully saturated rings. The van der Waals surface area contributed by atoms with Gasteiger partial charge in [0.25, 0.3) is 11.8 Å². The van der Waals surface area contributed by atoms with Crippen LogP contribution in [0.25, 0.3) is 33.0 Å². The summed E-state index contributed by atoms with van der Waals surface area (Å²) in [6, 6.07) is 14.3. The Bertz CT molecular complexity index is 1430. The second-order valence-electron chi connectivity index (χ2n) is 8.24. The van der Waals surface area contributed by atoms with Crippen LogP contribution < -0.4 is 0 Å². The third-order valence-electron chi connectivity index (χ3n) is 6.55. The number of amides is 2. The lowest BCUT2D eigenvalue weighted by molar-refractivity contribution is -0.134. The highest BCUT2D eigenvalue weighted by Crippen LogP contribution is 2.42. The summed E-state index contributed by atoms with van der Waals surface area (Å²) in [6.07, 6.45) is 6.16. The molecule has 2 aliphatic heterocycles. The minimum atomic E-state index is -0.238. The van der Waals surface area contributed by atoms with Crippen LogP contribution in [0.2, 0.25) is 0 Å². The van der Waals surface area contributed by atoms with Crippen molar-refractivity contribution in [2.24, 2.45) is 7.05 Å². The Morgan fingerprint density at radius 2 is 1.50 bits per heavy atom. The van der Waals surface area contributed by atoms with Crippen LogP contribution in [0.5, 0.6) is 0 Å². The van der Waals surface area contributed by atoms with Gasteiger partial charge in [-0.15, -0.1) is 0 Å². The fourth-order valence-corrected chi connectivity index (χ4v) is 5.14. The Morgan fingerprint density at radius 3 is 2.30 bits per heavy atom. The standard InChI is InChI=1S/C25H21N3O2/c1-26-13-18(16-9-3-4-11-20(16)26)21-22(25(30)27(2)24(21)29)19-14-28-12-6-8-15-7-5-10-17(19)23(15)28/h3-5,7,9-11,13-14H,6,8,12H2,1-2H3. The zero-order chi connectivity index (χ0) is 20.6. The van der Waals surface area contributed by atoms with E-state index < -0.39 is 0 Å². The number of benzene rings is 2. The molecule has 2 aromatic heterocycles. The average Bonchev–Trinajstić information content (AvgIpc) is 3.37. The molecule has 0 atom stereocenters. The highest BCUT2D eigenvalue weighted by molar-refractivity contribution is 6.50. The molecule has 0 N–H and O–H groups in total. The molecule has 148 valence electrons. The van der Waals surface area contributed by atoms with Crippen molar-refractivity contribution >= 4 is 44.8 Å². The fraction of sp³-hybridized carbons (Fsp3) is 0.200. The van der Waals surface area contributed by atoms with Crippen LogP contribution >= 0.6 is 0 Å². The smallest absolute Gasteiger partial charge is 0.261 e. The van der Waals surface area contributed by atoms with E-state index in [2.05, 4.69) is 29.0 Å². The summed E-state index contributed by atoms with van der Waals surface area (Å²) < 4.78 is 4.26. The summed E-state index contributed by atoms with van der Waals surface area (Å²) in [6.45, 7) is 0.933. The maximum absolute atomic E-state index is 13.3. The number of likely N-dealkylation sites (N-methyl/N-ethyl adjacent to an activating group) is 1. The molecule has 0 bridgehead atoms. The third kappa shape index (κ3) is 2.12. The van der Waals surface area contributed by atoms with Gasteiger partial charge in [0, 0.05) is 60.4 Å². The minimum Gasteiger partial charge on any atom is -0.350 e. The Balaban J connectivity index is 1.72. The highest BCUT2D eigenvalue weighted by Gasteiger charge is 2.39. The van der Waals surface area contributed by atoms with Gasteiger partial charge < -0.3 is 9.13 Å². The van der Waals surface area contributed by atoms with Crippen molar-refractivity contribution in [2.45, 2.75) is 19.4 Å². The number of hydrogen-bond donors (Lipinski definition) is 0. The van der Waals surface area contributed by atoms with Gasteiger partial charge in [-0.05, 0) is 24.5 Å². The van der Waals surface area contributed by atoms with E-state index in [0.29, 0.717) is 11.1 Å². The Labute approximate surface area is 173 Å². The summed E-state index contributed by atoms with van der Waals surface area (Å²) in [5, 5.41) is 2.04. The zero-order valence-electron chi connectivity index (χ0n) is 17.0. The Hall–Kier alpha value is -3.60. The number of aryl methyl sites for hydroxylation is 3. The number of imide groups is 1. The maximum atomic E-state index is 13.3. The summed E-state index contributed by atoms with van der Waals surface area (Å²) in [7, 11) is 3.54. The van der Waals surface area contributed by atoms with Crippen LogP contribution in [0.1, 0.15) is 23.1 Å². The van der Waals surface area contributed by atoms with Gasteiger partial charge in [-0.25, -0.2) is 0 Å². The lowest BCUT2D eigenvalue weighted by Crippen LogP contribution is -2.26. The second-order valence-corrected chi connectivity index (χ2v) is 8.24. The quantitative estimate of drug-likeness (QED) is 0.482. The van der Waals surface area contributed by atoms with E-state index in [4.69, 9.17) is 0 Å².